The quantitative estimate of drug-likeness (QED) is 0.737. The summed E-state index contributed by atoms with van der Waals surface area (Å²) in [5, 5.41) is 8.99. The number of aliphatic carboxylic acids is 1. The lowest BCUT2D eigenvalue weighted by atomic mass is 10.1. The third kappa shape index (κ3) is 2.62. The number of benzene rings is 1. The number of anilines is 2. The minimum Gasteiger partial charge on any atom is -0.480 e. The summed E-state index contributed by atoms with van der Waals surface area (Å²) < 4.78 is 0. The van der Waals surface area contributed by atoms with Crippen LogP contribution in [0.25, 0.3) is 0 Å². The normalized spacial score (nSPS) is 12.1. The van der Waals surface area contributed by atoms with Crippen LogP contribution in [0.5, 0.6) is 0 Å². The molecule has 0 amide bonds. The van der Waals surface area contributed by atoms with Crippen molar-refractivity contribution in [2.75, 3.05) is 17.7 Å². The lowest BCUT2D eigenvalue weighted by Gasteiger charge is -2.25. The number of likely N-dealkylation sites (N-methyl/N-ethyl adjacent to an activating group) is 1. The van der Waals surface area contributed by atoms with Crippen molar-refractivity contribution in [1.82, 2.24) is 0 Å². The number of carbonyl (C=O) groups is 1. The molecule has 4 heteroatoms. The highest BCUT2D eigenvalue weighted by atomic mass is 16.4. The molecule has 1 aromatic rings. The van der Waals surface area contributed by atoms with E-state index in [1.165, 1.54) is 0 Å². The second-order valence-electron chi connectivity index (χ2n) is 3.46. The highest BCUT2D eigenvalue weighted by Crippen LogP contribution is 2.18. The van der Waals surface area contributed by atoms with E-state index < -0.39 is 12.0 Å². The number of hydrogen-bond acceptors (Lipinski definition) is 3. The molecule has 0 heterocycles. The monoisotopic (exact) mass is 208 g/mol. The van der Waals surface area contributed by atoms with Crippen molar-refractivity contribution < 1.29 is 9.90 Å². The molecule has 0 radical (unpaired) electrons. The molecule has 3 N–H and O–H groups in total. The first kappa shape index (κ1) is 11.4. The first-order chi connectivity index (χ1) is 7.06. The fourth-order valence-corrected chi connectivity index (χ4v) is 1.50. The van der Waals surface area contributed by atoms with Crippen LogP contribution in [0.1, 0.15) is 13.3 Å². The molecular formula is C11H16N2O2. The zero-order valence-electron chi connectivity index (χ0n) is 8.97. The zero-order valence-corrected chi connectivity index (χ0v) is 8.97. The summed E-state index contributed by atoms with van der Waals surface area (Å²) in [5.41, 5.74) is 7.10. The van der Waals surface area contributed by atoms with E-state index in [-0.39, 0.29) is 0 Å². The van der Waals surface area contributed by atoms with Gasteiger partial charge in [0, 0.05) is 18.4 Å². The van der Waals surface area contributed by atoms with Gasteiger partial charge in [-0.1, -0.05) is 6.92 Å². The van der Waals surface area contributed by atoms with Gasteiger partial charge in [0.15, 0.2) is 0 Å². The van der Waals surface area contributed by atoms with E-state index in [2.05, 4.69) is 0 Å². The average molecular weight is 208 g/mol. The molecule has 4 nitrogen and oxygen atoms in total. The molecule has 0 aliphatic rings. The van der Waals surface area contributed by atoms with Gasteiger partial charge in [-0.05, 0) is 30.7 Å². The van der Waals surface area contributed by atoms with Crippen molar-refractivity contribution in [3.8, 4) is 0 Å². The van der Waals surface area contributed by atoms with E-state index in [0.717, 1.165) is 5.69 Å². The lowest BCUT2D eigenvalue weighted by Crippen LogP contribution is -2.37. The van der Waals surface area contributed by atoms with Crippen LogP contribution in [0, 0.1) is 0 Å². The Hall–Kier alpha value is -1.71. The summed E-state index contributed by atoms with van der Waals surface area (Å²) in [6.45, 7) is 1.85. The molecular weight excluding hydrogens is 192 g/mol. The molecule has 15 heavy (non-hydrogen) atoms. The van der Waals surface area contributed by atoms with Gasteiger partial charge in [0.05, 0.1) is 0 Å². The fraction of sp³-hybridized carbons (Fsp3) is 0.364. The first-order valence-corrected chi connectivity index (χ1v) is 4.87. The maximum absolute atomic E-state index is 10.9. The Bertz CT molecular complexity index is 335. The van der Waals surface area contributed by atoms with Gasteiger partial charge in [-0.15, -0.1) is 0 Å². The van der Waals surface area contributed by atoms with Crippen molar-refractivity contribution >= 4 is 17.3 Å². The highest BCUT2D eigenvalue weighted by Gasteiger charge is 2.20. The summed E-state index contributed by atoms with van der Waals surface area (Å²) in [4.78, 5) is 12.7. The molecule has 0 fully saturated rings. The number of nitrogens with two attached hydrogens (primary N) is 1. The minimum atomic E-state index is -0.808. The topological polar surface area (TPSA) is 66.6 Å². The van der Waals surface area contributed by atoms with Gasteiger partial charge in [0.1, 0.15) is 6.04 Å². The number of hydrogen-bond donors (Lipinski definition) is 2. The fourth-order valence-electron chi connectivity index (χ4n) is 1.50. The Morgan fingerprint density at radius 2 is 2.00 bits per heavy atom. The predicted molar refractivity (Wildman–Crippen MR) is 61.0 cm³/mol. The molecule has 0 aromatic heterocycles. The van der Waals surface area contributed by atoms with E-state index in [0.29, 0.717) is 12.1 Å². The van der Waals surface area contributed by atoms with Crippen LogP contribution in [0.4, 0.5) is 11.4 Å². The Morgan fingerprint density at radius 1 is 1.47 bits per heavy atom. The van der Waals surface area contributed by atoms with Gasteiger partial charge >= 0.3 is 5.97 Å². The summed E-state index contributed by atoms with van der Waals surface area (Å²) in [6.07, 6.45) is 0.566. The van der Waals surface area contributed by atoms with E-state index in [9.17, 15) is 4.79 Å². The van der Waals surface area contributed by atoms with Gasteiger partial charge in [-0.3, -0.25) is 0 Å². The van der Waals surface area contributed by atoms with E-state index in [1.807, 2.05) is 19.1 Å². The van der Waals surface area contributed by atoms with Crippen LogP contribution < -0.4 is 10.6 Å². The van der Waals surface area contributed by atoms with Crippen molar-refractivity contribution in [3.63, 3.8) is 0 Å². The third-order valence-electron chi connectivity index (χ3n) is 2.44. The summed E-state index contributed by atoms with van der Waals surface area (Å²) in [7, 11) is 1.77. The molecule has 1 atom stereocenters. The smallest absolute Gasteiger partial charge is 0.326 e. The summed E-state index contributed by atoms with van der Waals surface area (Å²) >= 11 is 0. The first-order valence-electron chi connectivity index (χ1n) is 4.87. The summed E-state index contributed by atoms with van der Waals surface area (Å²) in [6, 6.07) is 6.68. The lowest BCUT2D eigenvalue weighted by molar-refractivity contribution is -0.138. The second-order valence-corrected chi connectivity index (χ2v) is 3.46. The number of carboxylic acids is 1. The predicted octanol–water partition coefficient (Wildman–Crippen LogP) is 1.57. The van der Waals surface area contributed by atoms with E-state index in [1.54, 1.807) is 24.1 Å². The number of carboxylic acid groups (broad SMARTS) is 1. The van der Waals surface area contributed by atoms with Gasteiger partial charge < -0.3 is 15.7 Å². The Morgan fingerprint density at radius 3 is 2.40 bits per heavy atom. The van der Waals surface area contributed by atoms with Crippen LogP contribution in [0.2, 0.25) is 0 Å². The van der Waals surface area contributed by atoms with Crippen LogP contribution in [0.15, 0.2) is 24.3 Å². The SMILES string of the molecule is CCC(C(=O)O)N(C)c1ccc(N)cc1. The number of nitrogens with zero attached hydrogens (tertiary/aromatic N) is 1. The van der Waals surface area contributed by atoms with Gasteiger partial charge in [-0.25, -0.2) is 4.79 Å². The number of nitrogen functional groups attached to an aromatic ring is 1. The Balaban J connectivity index is 2.87. The minimum absolute atomic E-state index is 0.492. The molecule has 0 saturated carbocycles. The molecule has 0 spiro atoms. The molecule has 1 unspecified atom stereocenters. The van der Waals surface area contributed by atoms with Crippen molar-refractivity contribution in [2.45, 2.75) is 19.4 Å². The largest absolute Gasteiger partial charge is 0.480 e. The van der Waals surface area contributed by atoms with E-state index >= 15 is 0 Å². The second kappa shape index (κ2) is 4.68. The van der Waals surface area contributed by atoms with Gasteiger partial charge in [0.25, 0.3) is 0 Å². The highest BCUT2D eigenvalue weighted by molar-refractivity contribution is 5.78. The molecule has 1 aromatic carbocycles. The standard InChI is InChI=1S/C11H16N2O2/c1-3-10(11(14)15)13(2)9-6-4-8(12)5-7-9/h4-7,10H,3,12H2,1-2H3,(H,14,15). The average Bonchev–Trinajstić information content (AvgIpc) is 2.19. The molecule has 82 valence electrons. The van der Waals surface area contributed by atoms with Crippen molar-refractivity contribution in [1.29, 1.82) is 0 Å². The molecule has 0 bridgehead atoms. The Labute approximate surface area is 89.3 Å². The maximum atomic E-state index is 10.9. The molecule has 0 aliphatic carbocycles. The molecule has 0 saturated heterocycles. The molecule has 0 aliphatic heterocycles. The van der Waals surface area contributed by atoms with Crippen molar-refractivity contribution in [3.05, 3.63) is 24.3 Å². The maximum Gasteiger partial charge on any atom is 0.326 e. The van der Waals surface area contributed by atoms with Gasteiger partial charge in [-0.2, -0.15) is 0 Å². The summed E-state index contributed by atoms with van der Waals surface area (Å²) in [5.74, 6) is -0.808. The van der Waals surface area contributed by atoms with E-state index in [4.69, 9.17) is 10.8 Å². The van der Waals surface area contributed by atoms with Gasteiger partial charge in [0.2, 0.25) is 0 Å². The Kier molecular flexibility index (Phi) is 3.55. The van der Waals surface area contributed by atoms with Crippen LogP contribution in [0.3, 0.4) is 0 Å². The molecule has 1 rings (SSSR count). The third-order valence-corrected chi connectivity index (χ3v) is 2.44. The zero-order chi connectivity index (χ0) is 11.4. The van der Waals surface area contributed by atoms with Crippen LogP contribution in [-0.4, -0.2) is 24.2 Å². The van der Waals surface area contributed by atoms with Crippen LogP contribution >= 0.6 is 0 Å². The van der Waals surface area contributed by atoms with Crippen molar-refractivity contribution in [2.24, 2.45) is 0 Å². The van der Waals surface area contributed by atoms with Crippen LogP contribution in [-0.2, 0) is 4.79 Å². The number of rotatable bonds is 4.